The predicted octanol–water partition coefficient (Wildman–Crippen LogP) is 1.17. The topological polar surface area (TPSA) is 84.5 Å². The van der Waals surface area contributed by atoms with Crippen LogP contribution in [0.25, 0.3) is 0 Å². The van der Waals surface area contributed by atoms with Gasteiger partial charge in [0.05, 0.1) is 12.2 Å². The summed E-state index contributed by atoms with van der Waals surface area (Å²) in [5, 5.41) is 0. The van der Waals surface area contributed by atoms with Gasteiger partial charge in [0.2, 0.25) is 0 Å². The fourth-order valence-electron chi connectivity index (χ4n) is 1.32. The van der Waals surface area contributed by atoms with Gasteiger partial charge in [0.25, 0.3) is 5.91 Å². The average Bonchev–Trinajstić information content (AvgIpc) is 2.43. The van der Waals surface area contributed by atoms with Crippen LogP contribution in [0.1, 0.15) is 22.8 Å². The molecule has 0 saturated heterocycles. The fourth-order valence-corrected chi connectivity index (χ4v) is 1.32. The van der Waals surface area contributed by atoms with Gasteiger partial charge in [0.1, 0.15) is 5.82 Å². The monoisotopic (exact) mass is 322 g/mol. The van der Waals surface area contributed by atoms with E-state index in [-0.39, 0.29) is 6.61 Å². The number of amides is 2. The molecule has 0 saturated carbocycles. The molecular formula is C12H10F4N2O4. The number of ether oxygens (including phenoxy) is 1. The summed E-state index contributed by atoms with van der Waals surface area (Å²) < 4.78 is 54.6. The van der Waals surface area contributed by atoms with Gasteiger partial charge in [0.15, 0.2) is 0 Å². The first-order valence-corrected chi connectivity index (χ1v) is 5.81. The van der Waals surface area contributed by atoms with Crippen molar-refractivity contribution in [3.8, 4) is 0 Å². The molecule has 2 N–H and O–H groups in total. The smallest absolute Gasteiger partial charge is 0.419 e. The number of nitrogens with one attached hydrogen (secondary N) is 2. The summed E-state index contributed by atoms with van der Waals surface area (Å²) in [4.78, 5) is 33.5. The van der Waals surface area contributed by atoms with Crippen molar-refractivity contribution in [2.75, 3.05) is 6.61 Å². The zero-order valence-electron chi connectivity index (χ0n) is 11.1. The first-order chi connectivity index (χ1) is 10.2. The molecule has 0 aliphatic carbocycles. The number of hydrazine groups is 1. The van der Waals surface area contributed by atoms with Gasteiger partial charge in [-0.15, -0.1) is 0 Å². The summed E-state index contributed by atoms with van der Waals surface area (Å²) in [6.45, 7) is 1.39. The van der Waals surface area contributed by atoms with Crippen LogP contribution >= 0.6 is 0 Å². The summed E-state index contributed by atoms with van der Waals surface area (Å²) in [5.74, 6) is -5.30. The number of carbonyl (C=O) groups is 3. The van der Waals surface area contributed by atoms with Crippen LogP contribution in [-0.2, 0) is 20.5 Å². The average molecular weight is 322 g/mol. The van der Waals surface area contributed by atoms with Gasteiger partial charge < -0.3 is 4.74 Å². The third kappa shape index (κ3) is 4.43. The molecule has 0 unspecified atom stereocenters. The van der Waals surface area contributed by atoms with Crippen molar-refractivity contribution in [3.63, 3.8) is 0 Å². The maximum Gasteiger partial charge on any atom is 0.419 e. The predicted molar refractivity (Wildman–Crippen MR) is 63.6 cm³/mol. The van der Waals surface area contributed by atoms with E-state index < -0.39 is 40.9 Å². The Kier molecular flexibility index (Phi) is 5.44. The van der Waals surface area contributed by atoms with Crippen LogP contribution in [-0.4, -0.2) is 24.4 Å². The van der Waals surface area contributed by atoms with Crippen molar-refractivity contribution >= 4 is 17.8 Å². The molecule has 0 aliphatic rings. The van der Waals surface area contributed by atoms with E-state index in [2.05, 4.69) is 4.74 Å². The van der Waals surface area contributed by atoms with Gasteiger partial charge in [-0.3, -0.25) is 20.4 Å². The van der Waals surface area contributed by atoms with E-state index in [4.69, 9.17) is 0 Å². The van der Waals surface area contributed by atoms with Gasteiger partial charge in [-0.2, -0.15) is 13.2 Å². The minimum atomic E-state index is -4.89. The van der Waals surface area contributed by atoms with Crippen LogP contribution < -0.4 is 10.9 Å². The van der Waals surface area contributed by atoms with Crippen LogP contribution in [0.15, 0.2) is 18.2 Å². The standard InChI is InChI=1S/C12H10F4N2O4/c1-2-22-11(21)10(20)18-17-9(19)6-3-4-7(8(13)5-6)12(14,15)16/h3-5H,2H2,1H3,(H,17,19)(H,18,20). The number of halogens is 4. The third-order valence-electron chi connectivity index (χ3n) is 2.29. The maximum absolute atomic E-state index is 13.3. The molecule has 0 bridgehead atoms. The minimum absolute atomic E-state index is 0.0652. The van der Waals surface area contributed by atoms with E-state index in [1.54, 1.807) is 10.9 Å². The van der Waals surface area contributed by atoms with Crippen LogP contribution in [0, 0.1) is 5.82 Å². The Hall–Kier alpha value is -2.65. The molecular weight excluding hydrogens is 312 g/mol. The Balaban J connectivity index is 2.73. The van der Waals surface area contributed by atoms with Crippen LogP contribution in [0.3, 0.4) is 0 Å². The largest absolute Gasteiger partial charge is 0.459 e. The first-order valence-electron chi connectivity index (χ1n) is 5.81. The molecule has 0 radical (unpaired) electrons. The van der Waals surface area contributed by atoms with Gasteiger partial charge >= 0.3 is 18.1 Å². The molecule has 0 fully saturated rings. The second-order valence-electron chi connectivity index (χ2n) is 3.82. The zero-order valence-corrected chi connectivity index (χ0v) is 11.1. The van der Waals surface area contributed by atoms with Crippen LogP contribution in [0.5, 0.6) is 0 Å². The SMILES string of the molecule is CCOC(=O)C(=O)NNC(=O)c1ccc(C(F)(F)F)c(F)c1. The molecule has 1 aromatic rings. The molecule has 0 heterocycles. The number of hydrogen-bond donors (Lipinski definition) is 2. The second-order valence-corrected chi connectivity index (χ2v) is 3.82. The summed E-state index contributed by atoms with van der Waals surface area (Å²) in [6.07, 6.45) is -4.89. The van der Waals surface area contributed by atoms with Crippen molar-refractivity contribution in [2.45, 2.75) is 13.1 Å². The Morgan fingerprint density at radius 3 is 2.32 bits per heavy atom. The molecule has 0 spiro atoms. The molecule has 120 valence electrons. The lowest BCUT2D eigenvalue weighted by molar-refractivity contribution is -0.154. The molecule has 10 heteroatoms. The van der Waals surface area contributed by atoms with Crippen molar-refractivity contribution in [1.82, 2.24) is 10.9 Å². The Morgan fingerprint density at radius 2 is 1.82 bits per heavy atom. The Bertz CT molecular complexity index is 601. The van der Waals surface area contributed by atoms with Gasteiger partial charge in [-0.1, -0.05) is 0 Å². The number of benzene rings is 1. The molecule has 0 aliphatic heterocycles. The van der Waals surface area contributed by atoms with Crippen molar-refractivity contribution in [1.29, 1.82) is 0 Å². The molecule has 0 aromatic heterocycles. The van der Waals surface area contributed by atoms with Crippen LogP contribution in [0.4, 0.5) is 17.6 Å². The van der Waals surface area contributed by atoms with E-state index >= 15 is 0 Å². The number of esters is 1. The highest BCUT2D eigenvalue weighted by atomic mass is 19.4. The Labute approximate surface area is 121 Å². The van der Waals surface area contributed by atoms with Crippen LogP contribution in [0.2, 0.25) is 0 Å². The quantitative estimate of drug-likeness (QED) is 0.370. The number of hydrogen-bond acceptors (Lipinski definition) is 4. The molecule has 0 atom stereocenters. The highest BCUT2D eigenvalue weighted by molar-refractivity contribution is 6.32. The third-order valence-corrected chi connectivity index (χ3v) is 2.29. The molecule has 1 aromatic carbocycles. The van der Waals surface area contributed by atoms with E-state index in [1.807, 2.05) is 0 Å². The van der Waals surface area contributed by atoms with E-state index in [9.17, 15) is 31.9 Å². The Morgan fingerprint density at radius 1 is 1.18 bits per heavy atom. The second kappa shape index (κ2) is 6.87. The number of carbonyl (C=O) groups excluding carboxylic acids is 3. The lowest BCUT2D eigenvalue weighted by atomic mass is 10.1. The van der Waals surface area contributed by atoms with E-state index in [0.29, 0.717) is 12.1 Å². The van der Waals surface area contributed by atoms with E-state index in [0.717, 1.165) is 6.07 Å². The van der Waals surface area contributed by atoms with Crippen molar-refractivity contribution in [3.05, 3.63) is 35.1 Å². The lowest BCUT2D eigenvalue weighted by Crippen LogP contribution is -2.45. The van der Waals surface area contributed by atoms with E-state index in [1.165, 1.54) is 6.92 Å². The van der Waals surface area contributed by atoms with Crippen molar-refractivity contribution < 1.29 is 36.7 Å². The highest BCUT2D eigenvalue weighted by Gasteiger charge is 2.34. The maximum atomic E-state index is 13.3. The number of rotatable bonds is 2. The highest BCUT2D eigenvalue weighted by Crippen LogP contribution is 2.31. The number of alkyl halides is 3. The molecule has 22 heavy (non-hydrogen) atoms. The fraction of sp³-hybridized carbons (Fsp3) is 0.250. The minimum Gasteiger partial charge on any atom is -0.459 e. The van der Waals surface area contributed by atoms with Gasteiger partial charge in [-0.05, 0) is 25.1 Å². The first kappa shape index (κ1) is 17.4. The molecule has 6 nitrogen and oxygen atoms in total. The summed E-state index contributed by atoms with van der Waals surface area (Å²) in [6, 6.07) is 1.46. The zero-order chi connectivity index (χ0) is 16.9. The normalized spacial score (nSPS) is 10.8. The summed E-state index contributed by atoms with van der Waals surface area (Å²) in [5.41, 5.74) is 1.40. The van der Waals surface area contributed by atoms with Gasteiger partial charge in [0, 0.05) is 5.56 Å². The van der Waals surface area contributed by atoms with Crippen molar-refractivity contribution in [2.24, 2.45) is 0 Å². The molecule has 2 amide bonds. The van der Waals surface area contributed by atoms with Gasteiger partial charge in [-0.25, -0.2) is 9.18 Å². The lowest BCUT2D eigenvalue weighted by Gasteiger charge is -2.10. The summed E-state index contributed by atoms with van der Waals surface area (Å²) >= 11 is 0. The molecule has 1 rings (SSSR count). The summed E-state index contributed by atoms with van der Waals surface area (Å²) in [7, 11) is 0.